The van der Waals surface area contributed by atoms with E-state index in [2.05, 4.69) is 18.7 Å². The van der Waals surface area contributed by atoms with Crippen LogP contribution < -0.4 is 10.6 Å². The van der Waals surface area contributed by atoms with Crippen molar-refractivity contribution in [3.8, 4) is 0 Å². The monoisotopic (exact) mass is 264 g/mol. The van der Waals surface area contributed by atoms with E-state index in [4.69, 9.17) is 5.73 Å². The van der Waals surface area contributed by atoms with Gasteiger partial charge in [-0.05, 0) is 50.7 Å². The predicted octanol–water partition coefficient (Wildman–Crippen LogP) is 3.34. The van der Waals surface area contributed by atoms with Gasteiger partial charge in [-0.1, -0.05) is 19.1 Å². The third-order valence-electron chi connectivity index (χ3n) is 4.02. The fourth-order valence-electron chi connectivity index (χ4n) is 2.99. The van der Waals surface area contributed by atoms with E-state index in [0.717, 1.165) is 30.6 Å². The molecule has 1 aliphatic rings. The third-order valence-corrected chi connectivity index (χ3v) is 4.02. The lowest BCUT2D eigenvalue weighted by Crippen LogP contribution is -2.42. The molecular weight excluding hydrogens is 239 g/mol. The van der Waals surface area contributed by atoms with Crippen LogP contribution >= 0.6 is 0 Å². The summed E-state index contributed by atoms with van der Waals surface area (Å²) in [7, 11) is 0. The Bertz CT molecular complexity index is 431. The van der Waals surface area contributed by atoms with Gasteiger partial charge in [0.25, 0.3) is 0 Å². The molecule has 1 fully saturated rings. The molecule has 3 heteroatoms. The zero-order valence-corrected chi connectivity index (χ0v) is 12.2. The molecule has 0 aliphatic carbocycles. The molecule has 0 spiro atoms. The number of hydrogen-bond donors (Lipinski definition) is 1. The van der Waals surface area contributed by atoms with Gasteiger partial charge in [0.1, 0.15) is 5.82 Å². The zero-order valence-electron chi connectivity index (χ0n) is 12.2. The summed E-state index contributed by atoms with van der Waals surface area (Å²) in [6, 6.07) is 5.81. The number of halogens is 1. The van der Waals surface area contributed by atoms with Gasteiger partial charge in [-0.2, -0.15) is 0 Å². The largest absolute Gasteiger partial charge is 0.366 e. The first-order valence-electron chi connectivity index (χ1n) is 7.28. The van der Waals surface area contributed by atoms with Gasteiger partial charge in [0.15, 0.2) is 0 Å². The van der Waals surface area contributed by atoms with Crippen molar-refractivity contribution >= 4 is 5.69 Å². The summed E-state index contributed by atoms with van der Waals surface area (Å²) in [4.78, 5) is 2.24. The van der Waals surface area contributed by atoms with Crippen LogP contribution in [0.15, 0.2) is 18.2 Å². The van der Waals surface area contributed by atoms with Gasteiger partial charge in [0.05, 0.1) is 5.69 Å². The number of nitrogens with zero attached hydrogens (tertiary/aromatic N) is 1. The summed E-state index contributed by atoms with van der Waals surface area (Å²) in [5.41, 5.74) is 7.71. The standard InChI is InChI=1S/C16H25FN2/c1-11-7-8-13(3)19(10-11)16-14(9-12(2)18)5-4-6-15(16)17/h4-6,11-13H,7-10,18H2,1-3H3. The maximum atomic E-state index is 14.3. The Morgan fingerprint density at radius 3 is 2.79 bits per heavy atom. The smallest absolute Gasteiger partial charge is 0.146 e. The number of anilines is 1. The van der Waals surface area contributed by atoms with E-state index in [9.17, 15) is 4.39 Å². The Kier molecular flexibility index (Phi) is 4.46. The Hall–Kier alpha value is -1.09. The summed E-state index contributed by atoms with van der Waals surface area (Å²) < 4.78 is 14.3. The predicted molar refractivity (Wildman–Crippen MR) is 79.0 cm³/mol. The van der Waals surface area contributed by atoms with Gasteiger partial charge < -0.3 is 10.6 Å². The van der Waals surface area contributed by atoms with Crippen molar-refractivity contribution in [2.75, 3.05) is 11.4 Å². The van der Waals surface area contributed by atoms with Crippen LogP contribution in [-0.2, 0) is 6.42 Å². The lowest BCUT2D eigenvalue weighted by atomic mass is 9.93. The van der Waals surface area contributed by atoms with Crippen molar-refractivity contribution in [1.82, 2.24) is 0 Å². The highest BCUT2D eigenvalue weighted by molar-refractivity contribution is 5.56. The van der Waals surface area contributed by atoms with Crippen molar-refractivity contribution < 1.29 is 4.39 Å². The number of piperidine rings is 1. The summed E-state index contributed by atoms with van der Waals surface area (Å²) in [6.45, 7) is 7.34. The molecule has 0 radical (unpaired) electrons. The topological polar surface area (TPSA) is 29.3 Å². The van der Waals surface area contributed by atoms with Crippen molar-refractivity contribution in [1.29, 1.82) is 0 Å². The molecule has 1 aromatic rings. The van der Waals surface area contributed by atoms with Gasteiger partial charge in [0, 0.05) is 18.6 Å². The van der Waals surface area contributed by atoms with Crippen LogP contribution in [0.5, 0.6) is 0 Å². The number of rotatable bonds is 3. The highest BCUT2D eigenvalue weighted by atomic mass is 19.1. The molecule has 1 aliphatic heterocycles. The number of hydrogen-bond acceptors (Lipinski definition) is 2. The number of nitrogens with two attached hydrogens (primary N) is 1. The Morgan fingerprint density at radius 2 is 2.11 bits per heavy atom. The van der Waals surface area contributed by atoms with Gasteiger partial charge in [-0.3, -0.25) is 0 Å². The maximum absolute atomic E-state index is 14.3. The fourth-order valence-corrected chi connectivity index (χ4v) is 2.99. The lowest BCUT2D eigenvalue weighted by molar-refractivity contribution is 0.385. The number of para-hydroxylation sites is 1. The van der Waals surface area contributed by atoms with Crippen molar-refractivity contribution in [3.05, 3.63) is 29.6 Å². The average Bonchev–Trinajstić information content (AvgIpc) is 2.32. The molecule has 2 nitrogen and oxygen atoms in total. The quantitative estimate of drug-likeness (QED) is 0.907. The van der Waals surface area contributed by atoms with E-state index in [1.54, 1.807) is 12.1 Å². The number of benzene rings is 1. The van der Waals surface area contributed by atoms with Crippen LogP contribution in [0.2, 0.25) is 0 Å². The van der Waals surface area contributed by atoms with Crippen molar-refractivity contribution in [2.45, 2.75) is 52.1 Å². The fraction of sp³-hybridized carbons (Fsp3) is 0.625. The molecule has 0 bridgehead atoms. The SMILES string of the molecule is CC(N)Cc1cccc(F)c1N1CC(C)CCC1C. The molecule has 3 unspecified atom stereocenters. The molecule has 0 saturated carbocycles. The second-order valence-electron chi connectivity index (χ2n) is 6.11. The highest BCUT2D eigenvalue weighted by Crippen LogP contribution is 2.32. The van der Waals surface area contributed by atoms with Crippen LogP contribution in [0.4, 0.5) is 10.1 Å². The molecule has 0 aromatic heterocycles. The molecule has 1 saturated heterocycles. The van der Waals surface area contributed by atoms with E-state index in [1.165, 1.54) is 6.42 Å². The maximum Gasteiger partial charge on any atom is 0.146 e. The summed E-state index contributed by atoms with van der Waals surface area (Å²) in [6.07, 6.45) is 3.09. The highest BCUT2D eigenvalue weighted by Gasteiger charge is 2.26. The van der Waals surface area contributed by atoms with Crippen LogP contribution in [0.1, 0.15) is 39.2 Å². The molecule has 106 valence electrons. The Balaban J connectivity index is 2.36. The van der Waals surface area contributed by atoms with Crippen molar-refractivity contribution in [3.63, 3.8) is 0 Å². The van der Waals surface area contributed by atoms with E-state index in [-0.39, 0.29) is 11.9 Å². The minimum atomic E-state index is -0.112. The summed E-state index contributed by atoms with van der Waals surface area (Å²) >= 11 is 0. The normalized spacial score (nSPS) is 25.4. The van der Waals surface area contributed by atoms with Gasteiger partial charge >= 0.3 is 0 Å². The van der Waals surface area contributed by atoms with E-state index in [1.807, 2.05) is 13.0 Å². The van der Waals surface area contributed by atoms with E-state index < -0.39 is 0 Å². The molecule has 1 heterocycles. The molecule has 2 N–H and O–H groups in total. The first-order valence-corrected chi connectivity index (χ1v) is 7.28. The third kappa shape index (κ3) is 3.27. The summed E-state index contributed by atoms with van der Waals surface area (Å²) in [5.74, 6) is 0.512. The Labute approximate surface area is 115 Å². The van der Waals surface area contributed by atoms with Crippen LogP contribution in [0.25, 0.3) is 0 Å². The minimum absolute atomic E-state index is 0.0538. The second kappa shape index (κ2) is 5.91. The molecule has 3 atom stereocenters. The van der Waals surface area contributed by atoms with Crippen LogP contribution in [-0.4, -0.2) is 18.6 Å². The summed E-state index contributed by atoms with van der Waals surface area (Å²) in [5, 5.41) is 0. The van der Waals surface area contributed by atoms with Crippen LogP contribution in [0, 0.1) is 11.7 Å². The Morgan fingerprint density at radius 1 is 1.37 bits per heavy atom. The van der Waals surface area contributed by atoms with E-state index in [0.29, 0.717) is 12.0 Å². The average molecular weight is 264 g/mol. The zero-order chi connectivity index (χ0) is 14.0. The first-order chi connectivity index (χ1) is 8.99. The molecule has 2 rings (SSSR count). The van der Waals surface area contributed by atoms with Crippen LogP contribution in [0.3, 0.4) is 0 Å². The van der Waals surface area contributed by atoms with E-state index >= 15 is 0 Å². The molecular formula is C16H25FN2. The van der Waals surface area contributed by atoms with Crippen molar-refractivity contribution in [2.24, 2.45) is 11.7 Å². The molecule has 1 aromatic carbocycles. The molecule has 19 heavy (non-hydrogen) atoms. The second-order valence-corrected chi connectivity index (χ2v) is 6.11. The van der Waals surface area contributed by atoms with Gasteiger partial charge in [-0.25, -0.2) is 4.39 Å². The van der Waals surface area contributed by atoms with Gasteiger partial charge in [-0.15, -0.1) is 0 Å². The lowest BCUT2D eigenvalue weighted by Gasteiger charge is -2.40. The molecule has 0 amide bonds. The first kappa shape index (κ1) is 14.3. The van der Waals surface area contributed by atoms with Gasteiger partial charge in [0.2, 0.25) is 0 Å². The minimum Gasteiger partial charge on any atom is -0.366 e.